The number of hydrogen-bond donors (Lipinski definition) is 2. The number of aromatic carboxylic acids is 1. The minimum atomic E-state index is -4.05. The van der Waals surface area contributed by atoms with E-state index in [1.54, 1.807) is 0 Å². The average molecular weight is 437 g/mol. The van der Waals surface area contributed by atoms with Crippen LogP contribution in [-0.2, 0) is 21.2 Å². The Bertz CT molecular complexity index is 1150. The lowest BCUT2D eigenvalue weighted by Gasteiger charge is -2.05. The number of rotatable bonds is 7. The van der Waals surface area contributed by atoms with E-state index in [1.165, 1.54) is 19.9 Å². The van der Waals surface area contributed by atoms with Gasteiger partial charge in [-0.25, -0.2) is 18.2 Å². The van der Waals surface area contributed by atoms with Crippen LogP contribution in [-0.4, -0.2) is 30.3 Å². The number of benzene rings is 1. The molecule has 7 nitrogen and oxygen atoms in total. The molecule has 0 saturated heterocycles. The molecular formula is C18H16N2O5S3. The van der Waals surface area contributed by atoms with Gasteiger partial charge in [-0.3, -0.25) is 9.52 Å². The van der Waals surface area contributed by atoms with Crippen LogP contribution in [0.25, 0.3) is 10.4 Å². The lowest BCUT2D eigenvalue weighted by Crippen LogP contribution is -2.14. The highest BCUT2D eigenvalue weighted by molar-refractivity contribution is 7.94. The first-order valence-corrected chi connectivity index (χ1v) is 11.2. The Balaban J connectivity index is 1.98. The molecule has 28 heavy (non-hydrogen) atoms. The number of carboxylic acids is 1. The highest BCUT2D eigenvalue weighted by Gasteiger charge is 2.26. The number of anilines is 1. The van der Waals surface area contributed by atoms with Gasteiger partial charge in [0.15, 0.2) is 4.21 Å². The molecule has 0 radical (unpaired) electrons. The molecule has 2 heterocycles. The molecule has 0 fully saturated rings. The molecule has 0 aliphatic carbocycles. The van der Waals surface area contributed by atoms with E-state index in [0.717, 1.165) is 28.2 Å². The van der Waals surface area contributed by atoms with Crippen LogP contribution in [0.5, 0.6) is 0 Å². The number of thiophene rings is 1. The molecular weight excluding hydrogens is 420 g/mol. The van der Waals surface area contributed by atoms with Crippen LogP contribution in [0.4, 0.5) is 5.69 Å². The van der Waals surface area contributed by atoms with Crippen molar-refractivity contribution in [3.8, 4) is 10.4 Å². The van der Waals surface area contributed by atoms with E-state index in [4.69, 9.17) is 0 Å². The van der Waals surface area contributed by atoms with Gasteiger partial charge in [0.05, 0.1) is 17.8 Å². The minimum Gasteiger partial charge on any atom is -0.477 e. The van der Waals surface area contributed by atoms with E-state index >= 15 is 0 Å². The number of sulfonamides is 1. The zero-order valence-electron chi connectivity index (χ0n) is 14.9. The van der Waals surface area contributed by atoms with Crippen molar-refractivity contribution in [1.82, 2.24) is 4.98 Å². The van der Waals surface area contributed by atoms with E-state index in [1.807, 2.05) is 30.3 Å². The zero-order chi connectivity index (χ0) is 20.5. The third kappa shape index (κ3) is 4.29. The van der Waals surface area contributed by atoms with Gasteiger partial charge in [0, 0.05) is 4.88 Å². The predicted molar refractivity (Wildman–Crippen MR) is 109 cm³/mol. The SMILES string of the molecule is CC(=O)Cc1nc(C)c(S(=O)(=O)Nc2cc(-c3ccccc3)sc2C(=O)O)s1. The summed E-state index contributed by atoms with van der Waals surface area (Å²) in [5, 5.41) is 9.88. The molecule has 0 aliphatic rings. The van der Waals surface area contributed by atoms with Gasteiger partial charge in [-0.05, 0) is 25.5 Å². The molecule has 2 aromatic heterocycles. The highest BCUT2D eigenvalue weighted by Crippen LogP contribution is 2.36. The van der Waals surface area contributed by atoms with Crippen LogP contribution in [0.1, 0.15) is 27.3 Å². The molecule has 2 N–H and O–H groups in total. The van der Waals surface area contributed by atoms with Crippen LogP contribution in [0, 0.1) is 6.92 Å². The normalized spacial score (nSPS) is 11.4. The summed E-state index contributed by atoms with van der Waals surface area (Å²) in [6.45, 7) is 2.94. The van der Waals surface area contributed by atoms with E-state index in [9.17, 15) is 23.1 Å². The molecule has 0 unspecified atom stereocenters. The summed E-state index contributed by atoms with van der Waals surface area (Å²) in [4.78, 5) is 27.5. The fourth-order valence-electron chi connectivity index (χ4n) is 2.54. The van der Waals surface area contributed by atoms with Gasteiger partial charge < -0.3 is 5.11 Å². The summed E-state index contributed by atoms with van der Waals surface area (Å²) >= 11 is 1.90. The van der Waals surface area contributed by atoms with Gasteiger partial charge in [-0.1, -0.05) is 30.3 Å². The second-order valence-corrected chi connectivity index (χ2v) is 10.0. The van der Waals surface area contributed by atoms with Crippen molar-refractivity contribution < 1.29 is 23.1 Å². The van der Waals surface area contributed by atoms with E-state index < -0.39 is 16.0 Å². The third-order valence-corrected chi connectivity index (χ3v) is 7.98. The molecule has 3 aromatic rings. The van der Waals surface area contributed by atoms with Crippen molar-refractivity contribution in [3.05, 3.63) is 52.0 Å². The van der Waals surface area contributed by atoms with E-state index in [2.05, 4.69) is 9.71 Å². The average Bonchev–Trinajstić information content (AvgIpc) is 3.19. The summed E-state index contributed by atoms with van der Waals surface area (Å²) < 4.78 is 28.0. The molecule has 0 bridgehead atoms. The lowest BCUT2D eigenvalue weighted by molar-refractivity contribution is -0.116. The van der Waals surface area contributed by atoms with E-state index in [-0.39, 0.29) is 32.7 Å². The van der Waals surface area contributed by atoms with Crippen LogP contribution >= 0.6 is 22.7 Å². The second-order valence-electron chi connectivity index (χ2n) is 5.99. The summed E-state index contributed by atoms with van der Waals surface area (Å²) in [5.41, 5.74) is 1.06. The molecule has 0 amide bonds. The monoisotopic (exact) mass is 436 g/mol. The number of hydrogen-bond acceptors (Lipinski definition) is 7. The Labute approximate surface area is 169 Å². The van der Waals surface area contributed by atoms with Crippen molar-refractivity contribution in [2.75, 3.05) is 4.72 Å². The van der Waals surface area contributed by atoms with Gasteiger partial charge in [0.1, 0.15) is 15.7 Å². The van der Waals surface area contributed by atoms with Crippen LogP contribution in [0.2, 0.25) is 0 Å². The zero-order valence-corrected chi connectivity index (χ0v) is 17.4. The quantitative estimate of drug-likeness (QED) is 0.582. The van der Waals surface area contributed by atoms with Gasteiger partial charge in [0.25, 0.3) is 10.0 Å². The Morgan fingerprint density at radius 3 is 2.46 bits per heavy atom. The van der Waals surface area contributed by atoms with Crippen molar-refractivity contribution >= 4 is 50.1 Å². The Kier molecular flexibility index (Phi) is 5.64. The minimum absolute atomic E-state index is 0.00253. The molecule has 3 rings (SSSR count). The fourth-order valence-corrected chi connectivity index (χ4v) is 6.25. The number of carboxylic acid groups (broad SMARTS) is 1. The molecule has 0 saturated carbocycles. The largest absolute Gasteiger partial charge is 0.477 e. The maximum Gasteiger partial charge on any atom is 0.348 e. The number of Topliss-reactive ketones (excluding diaryl/α,β-unsaturated/α-hetero) is 1. The van der Waals surface area contributed by atoms with Gasteiger partial charge in [-0.2, -0.15) is 0 Å². The number of aryl methyl sites for hydroxylation is 1. The topological polar surface area (TPSA) is 113 Å². The number of thiazole rings is 1. The van der Waals surface area contributed by atoms with Crippen LogP contribution in [0.3, 0.4) is 0 Å². The Morgan fingerprint density at radius 2 is 1.86 bits per heavy atom. The van der Waals surface area contributed by atoms with E-state index in [0.29, 0.717) is 9.88 Å². The molecule has 0 aliphatic heterocycles. The Hall–Kier alpha value is -2.56. The Morgan fingerprint density at radius 1 is 1.18 bits per heavy atom. The lowest BCUT2D eigenvalue weighted by atomic mass is 10.2. The number of carbonyl (C=O) groups is 2. The molecule has 10 heteroatoms. The van der Waals surface area contributed by atoms with Crippen molar-refractivity contribution in [2.24, 2.45) is 0 Å². The summed E-state index contributed by atoms with van der Waals surface area (Å²) in [6.07, 6.45) is 0.0536. The first-order chi connectivity index (χ1) is 13.2. The van der Waals surface area contributed by atoms with Crippen molar-refractivity contribution in [2.45, 2.75) is 24.5 Å². The van der Waals surface area contributed by atoms with Gasteiger partial charge in [-0.15, -0.1) is 22.7 Å². The molecule has 1 aromatic carbocycles. The van der Waals surface area contributed by atoms with Crippen LogP contribution < -0.4 is 4.72 Å². The third-order valence-electron chi connectivity index (χ3n) is 3.67. The van der Waals surface area contributed by atoms with Crippen molar-refractivity contribution in [3.63, 3.8) is 0 Å². The summed E-state index contributed by atoms with van der Waals surface area (Å²) in [5.74, 6) is -1.34. The summed E-state index contributed by atoms with van der Waals surface area (Å²) in [7, 11) is -4.05. The van der Waals surface area contributed by atoms with Crippen molar-refractivity contribution in [1.29, 1.82) is 0 Å². The first-order valence-electron chi connectivity index (χ1n) is 8.08. The number of nitrogens with zero attached hydrogens (tertiary/aromatic N) is 1. The first kappa shape index (κ1) is 20.2. The second kappa shape index (κ2) is 7.82. The van der Waals surface area contributed by atoms with Gasteiger partial charge in [0.2, 0.25) is 0 Å². The number of carbonyl (C=O) groups excluding carboxylic acids is 1. The molecule has 0 spiro atoms. The molecule has 0 atom stereocenters. The smallest absolute Gasteiger partial charge is 0.348 e. The maximum atomic E-state index is 12.8. The number of nitrogens with one attached hydrogen (secondary N) is 1. The summed E-state index contributed by atoms with van der Waals surface area (Å²) in [6, 6.07) is 10.6. The highest BCUT2D eigenvalue weighted by atomic mass is 32.2. The number of ketones is 1. The number of aromatic nitrogens is 1. The molecule has 146 valence electrons. The maximum absolute atomic E-state index is 12.8. The fraction of sp³-hybridized carbons (Fsp3) is 0.167. The predicted octanol–water partition coefficient (Wildman–Crippen LogP) is 3.81. The van der Waals surface area contributed by atoms with Gasteiger partial charge >= 0.3 is 5.97 Å². The standard InChI is InChI=1S/C18H16N2O5S3/c1-10(21)8-15-19-11(2)18(27-15)28(24,25)20-13-9-14(26-16(13)17(22)23)12-6-4-3-5-7-12/h3-7,9,20H,8H2,1-2H3,(H,22,23). The van der Waals surface area contributed by atoms with Crippen LogP contribution in [0.15, 0.2) is 40.6 Å².